The van der Waals surface area contributed by atoms with E-state index in [9.17, 15) is 4.79 Å². The van der Waals surface area contributed by atoms with Gasteiger partial charge in [0, 0.05) is 5.57 Å². The summed E-state index contributed by atoms with van der Waals surface area (Å²) < 4.78 is 5.70. The highest BCUT2D eigenvalue weighted by Crippen LogP contribution is 2.39. The summed E-state index contributed by atoms with van der Waals surface area (Å²) in [5, 5.41) is 0. The molecular weight excluding hydrogens is 236 g/mol. The summed E-state index contributed by atoms with van der Waals surface area (Å²) in [7, 11) is 0. The molecule has 2 heteroatoms. The molecule has 2 nitrogen and oxygen atoms in total. The van der Waals surface area contributed by atoms with Crippen LogP contribution in [0, 0.1) is 16.7 Å². The molecule has 0 spiro atoms. The third-order valence-corrected chi connectivity index (χ3v) is 3.59. The Balaban J connectivity index is 2.64. The SMILES string of the molecule is CC(=CC(C)(C)C)C(=O)OC1CC(C)CC(C)(C)C1. The van der Waals surface area contributed by atoms with E-state index in [1.165, 1.54) is 6.42 Å². The maximum Gasteiger partial charge on any atom is 0.333 e. The zero-order chi connectivity index (χ0) is 14.8. The number of hydrogen-bond donors (Lipinski definition) is 0. The molecule has 0 heterocycles. The van der Waals surface area contributed by atoms with Crippen LogP contribution in [0.15, 0.2) is 11.6 Å². The van der Waals surface area contributed by atoms with Gasteiger partial charge in [0.1, 0.15) is 6.10 Å². The molecule has 0 N–H and O–H groups in total. The maximum absolute atomic E-state index is 12.1. The molecule has 0 amide bonds. The van der Waals surface area contributed by atoms with E-state index in [0.29, 0.717) is 5.92 Å². The van der Waals surface area contributed by atoms with Crippen LogP contribution in [0.5, 0.6) is 0 Å². The summed E-state index contributed by atoms with van der Waals surface area (Å²) in [4.78, 5) is 12.1. The van der Waals surface area contributed by atoms with Crippen LogP contribution in [0.2, 0.25) is 0 Å². The topological polar surface area (TPSA) is 26.3 Å². The second kappa shape index (κ2) is 5.68. The van der Waals surface area contributed by atoms with Crippen LogP contribution >= 0.6 is 0 Å². The molecule has 0 radical (unpaired) electrons. The van der Waals surface area contributed by atoms with Gasteiger partial charge in [-0.25, -0.2) is 4.79 Å². The van der Waals surface area contributed by atoms with Gasteiger partial charge in [0.25, 0.3) is 0 Å². The first-order chi connectivity index (χ1) is 8.48. The summed E-state index contributed by atoms with van der Waals surface area (Å²) in [6, 6.07) is 0. The Kier molecular flexibility index (Phi) is 4.86. The predicted molar refractivity (Wildman–Crippen MR) is 79.9 cm³/mol. The number of rotatable bonds is 2. The average molecular weight is 266 g/mol. The second-order valence-electron chi connectivity index (χ2n) is 8.13. The summed E-state index contributed by atoms with van der Waals surface area (Å²) in [5.41, 5.74) is 1.02. The highest BCUT2D eigenvalue weighted by molar-refractivity contribution is 5.88. The minimum atomic E-state index is -0.148. The van der Waals surface area contributed by atoms with Crippen molar-refractivity contribution in [3.8, 4) is 0 Å². The van der Waals surface area contributed by atoms with Gasteiger partial charge in [-0.2, -0.15) is 0 Å². The summed E-state index contributed by atoms with van der Waals surface area (Å²) >= 11 is 0. The van der Waals surface area contributed by atoms with E-state index in [4.69, 9.17) is 4.74 Å². The van der Waals surface area contributed by atoms with Crippen LogP contribution in [0.3, 0.4) is 0 Å². The molecule has 2 atom stereocenters. The molecule has 0 bridgehead atoms. The van der Waals surface area contributed by atoms with Crippen LogP contribution in [-0.4, -0.2) is 12.1 Å². The molecule has 19 heavy (non-hydrogen) atoms. The highest BCUT2D eigenvalue weighted by atomic mass is 16.5. The minimum absolute atomic E-state index is 0.0161. The van der Waals surface area contributed by atoms with Gasteiger partial charge in [0.05, 0.1) is 0 Å². The van der Waals surface area contributed by atoms with Crippen molar-refractivity contribution in [3.63, 3.8) is 0 Å². The Bertz CT molecular complexity index is 358. The minimum Gasteiger partial charge on any atom is -0.459 e. The Morgan fingerprint density at radius 2 is 1.84 bits per heavy atom. The Morgan fingerprint density at radius 3 is 2.32 bits per heavy atom. The molecule has 0 aromatic rings. The first-order valence-corrected chi connectivity index (χ1v) is 7.39. The van der Waals surface area contributed by atoms with Crippen LogP contribution in [-0.2, 0) is 9.53 Å². The largest absolute Gasteiger partial charge is 0.459 e. The van der Waals surface area contributed by atoms with E-state index in [2.05, 4.69) is 41.5 Å². The molecule has 1 fully saturated rings. The van der Waals surface area contributed by atoms with Crippen molar-refractivity contribution in [2.24, 2.45) is 16.7 Å². The van der Waals surface area contributed by atoms with E-state index in [0.717, 1.165) is 18.4 Å². The van der Waals surface area contributed by atoms with Crippen LogP contribution in [0.25, 0.3) is 0 Å². The summed E-state index contributed by atoms with van der Waals surface area (Å²) in [6.45, 7) is 14.9. The van der Waals surface area contributed by atoms with E-state index < -0.39 is 0 Å². The second-order valence-corrected chi connectivity index (χ2v) is 8.13. The fraction of sp³-hybridized carbons (Fsp3) is 0.824. The van der Waals surface area contributed by atoms with Gasteiger partial charge >= 0.3 is 5.97 Å². The first-order valence-electron chi connectivity index (χ1n) is 7.39. The zero-order valence-electron chi connectivity index (χ0n) is 13.7. The molecule has 1 rings (SSSR count). The van der Waals surface area contributed by atoms with Crippen molar-refractivity contribution in [1.82, 2.24) is 0 Å². The third kappa shape index (κ3) is 5.80. The smallest absolute Gasteiger partial charge is 0.333 e. The highest BCUT2D eigenvalue weighted by Gasteiger charge is 2.34. The van der Waals surface area contributed by atoms with Crippen molar-refractivity contribution >= 4 is 5.97 Å². The maximum atomic E-state index is 12.1. The Morgan fingerprint density at radius 1 is 1.26 bits per heavy atom. The summed E-state index contributed by atoms with van der Waals surface area (Å²) in [6.07, 6.45) is 5.27. The number of carbonyl (C=O) groups excluding carboxylic acids is 1. The molecule has 2 unspecified atom stereocenters. The quantitative estimate of drug-likeness (QED) is 0.533. The zero-order valence-corrected chi connectivity index (χ0v) is 13.7. The van der Waals surface area contributed by atoms with E-state index in [-0.39, 0.29) is 22.9 Å². The molecule has 0 aromatic carbocycles. The van der Waals surface area contributed by atoms with Crippen molar-refractivity contribution in [2.45, 2.75) is 73.8 Å². The lowest BCUT2D eigenvalue weighted by molar-refractivity contribution is -0.148. The molecule has 1 aliphatic rings. The lowest BCUT2D eigenvalue weighted by atomic mass is 9.71. The van der Waals surface area contributed by atoms with E-state index >= 15 is 0 Å². The molecule has 0 aromatic heterocycles. The van der Waals surface area contributed by atoms with Crippen molar-refractivity contribution in [2.75, 3.05) is 0 Å². The van der Waals surface area contributed by atoms with Crippen molar-refractivity contribution in [3.05, 3.63) is 11.6 Å². The van der Waals surface area contributed by atoms with Gasteiger partial charge in [-0.1, -0.05) is 47.6 Å². The lowest BCUT2D eigenvalue weighted by Gasteiger charge is -2.38. The molecule has 0 saturated heterocycles. The predicted octanol–water partition coefficient (Wildman–Crippen LogP) is 4.74. The monoisotopic (exact) mass is 266 g/mol. The van der Waals surface area contributed by atoms with E-state index in [1.54, 1.807) is 0 Å². The van der Waals surface area contributed by atoms with Gasteiger partial charge in [-0.05, 0) is 42.9 Å². The number of allylic oxidation sites excluding steroid dienone is 1. The van der Waals surface area contributed by atoms with Crippen molar-refractivity contribution in [1.29, 1.82) is 0 Å². The van der Waals surface area contributed by atoms with Gasteiger partial charge in [0.2, 0.25) is 0 Å². The van der Waals surface area contributed by atoms with Gasteiger partial charge < -0.3 is 4.74 Å². The number of hydrogen-bond acceptors (Lipinski definition) is 2. The van der Waals surface area contributed by atoms with E-state index in [1.807, 2.05) is 13.0 Å². The van der Waals surface area contributed by atoms with Gasteiger partial charge in [-0.15, -0.1) is 0 Å². The average Bonchev–Trinajstić information content (AvgIpc) is 2.10. The Hall–Kier alpha value is -0.790. The van der Waals surface area contributed by atoms with Crippen LogP contribution < -0.4 is 0 Å². The fourth-order valence-corrected chi connectivity index (χ4v) is 3.30. The van der Waals surface area contributed by atoms with Crippen LogP contribution in [0.4, 0.5) is 0 Å². The molecule has 1 saturated carbocycles. The lowest BCUT2D eigenvalue weighted by Crippen LogP contribution is -2.34. The molecule has 1 aliphatic carbocycles. The Labute approximate surface area is 118 Å². The summed E-state index contributed by atoms with van der Waals surface area (Å²) in [5.74, 6) is 0.485. The van der Waals surface area contributed by atoms with Gasteiger partial charge in [-0.3, -0.25) is 0 Å². The van der Waals surface area contributed by atoms with Crippen LogP contribution in [0.1, 0.15) is 67.7 Å². The normalized spacial score (nSPS) is 28.1. The molecule has 0 aliphatic heterocycles. The number of esters is 1. The number of ether oxygens (including phenoxy) is 1. The first kappa shape index (κ1) is 16.3. The molecule has 110 valence electrons. The third-order valence-electron chi connectivity index (χ3n) is 3.59. The van der Waals surface area contributed by atoms with Crippen molar-refractivity contribution < 1.29 is 9.53 Å². The fourth-order valence-electron chi connectivity index (χ4n) is 3.30. The number of carbonyl (C=O) groups is 1. The molecular formula is C17H30O2. The standard InChI is InChI=1S/C17H30O2/c1-12-8-14(11-17(6,7)9-12)19-15(18)13(2)10-16(3,4)5/h10,12,14H,8-9,11H2,1-7H3. The van der Waals surface area contributed by atoms with Gasteiger partial charge in [0.15, 0.2) is 0 Å².